The van der Waals surface area contributed by atoms with Gasteiger partial charge in [0.05, 0.1) is 0 Å². The molecule has 1 fully saturated rings. The highest BCUT2D eigenvalue weighted by molar-refractivity contribution is 5.58. The second-order valence-electron chi connectivity index (χ2n) is 4.96. The van der Waals surface area contributed by atoms with Crippen LogP contribution in [0, 0.1) is 5.41 Å². The quantitative estimate of drug-likeness (QED) is 0.622. The minimum Gasteiger partial charge on any atom is -0.303 e. The van der Waals surface area contributed by atoms with Crippen LogP contribution in [0.2, 0.25) is 0 Å². The molecule has 0 saturated heterocycles. The second-order valence-corrected chi connectivity index (χ2v) is 4.96. The van der Waals surface area contributed by atoms with E-state index in [1.807, 2.05) is 13.8 Å². The highest BCUT2D eigenvalue weighted by atomic mass is 16.1. The lowest BCUT2D eigenvalue weighted by Crippen LogP contribution is -2.38. The average Bonchev–Trinajstić information content (AvgIpc) is 2.55. The minimum atomic E-state index is -0.183. The molecule has 0 aliphatic heterocycles. The molecule has 0 atom stereocenters. The van der Waals surface area contributed by atoms with Crippen molar-refractivity contribution in [1.29, 1.82) is 0 Å². The van der Waals surface area contributed by atoms with Crippen molar-refractivity contribution in [2.45, 2.75) is 45.6 Å². The molecule has 0 spiro atoms. The summed E-state index contributed by atoms with van der Waals surface area (Å²) in [5.41, 5.74) is -0.183. The van der Waals surface area contributed by atoms with Gasteiger partial charge in [0.15, 0.2) is 0 Å². The Bertz CT molecular complexity index is 171. The third-order valence-corrected chi connectivity index (χ3v) is 2.92. The molecule has 0 aromatic heterocycles. The van der Waals surface area contributed by atoms with Crippen LogP contribution in [-0.4, -0.2) is 30.8 Å². The van der Waals surface area contributed by atoms with Gasteiger partial charge < -0.3 is 9.69 Å². The Hall–Kier alpha value is -0.370. The molecule has 2 heteroatoms. The van der Waals surface area contributed by atoms with E-state index in [-0.39, 0.29) is 5.41 Å². The van der Waals surface area contributed by atoms with Crippen molar-refractivity contribution >= 4 is 6.29 Å². The van der Waals surface area contributed by atoms with Crippen LogP contribution in [0.4, 0.5) is 0 Å². The fourth-order valence-electron chi connectivity index (χ4n) is 2.15. The monoisotopic (exact) mass is 183 g/mol. The van der Waals surface area contributed by atoms with Crippen LogP contribution in [0.5, 0.6) is 0 Å². The van der Waals surface area contributed by atoms with Gasteiger partial charge in [0, 0.05) is 18.0 Å². The lowest BCUT2D eigenvalue weighted by Gasteiger charge is -2.30. The molecule has 1 aliphatic carbocycles. The first-order valence-electron chi connectivity index (χ1n) is 5.22. The van der Waals surface area contributed by atoms with E-state index in [4.69, 9.17) is 0 Å². The summed E-state index contributed by atoms with van der Waals surface area (Å²) >= 11 is 0. The van der Waals surface area contributed by atoms with Crippen LogP contribution in [0.25, 0.3) is 0 Å². The lowest BCUT2D eigenvalue weighted by molar-refractivity contribution is -0.115. The first kappa shape index (κ1) is 10.7. The molecule has 0 N–H and O–H groups in total. The maximum atomic E-state index is 10.8. The van der Waals surface area contributed by atoms with Crippen LogP contribution in [0.15, 0.2) is 0 Å². The zero-order valence-electron chi connectivity index (χ0n) is 9.05. The highest BCUT2D eigenvalue weighted by Crippen LogP contribution is 2.24. The Labute approximate surface area is 81.3 Å². The number of hydrogen-bond donors (Lipinski definition) is 0. The van der Waals surface area contributed by atoms with E-state index in [9.17, 15) is 4.79 Å². The number of aldehydes is 1. The van der Waals surface area contributed by atoms with Gasteiger partial charge in [0.25, 0.3) is 0 Å². The molecule has 2 nitrogen and oxygen atoms in total. The summed E-state index contributed by atoms with van der Waals surface area (Å²) in [5.74, 6) is 0. The van der Waals surface area contributed by atoms with Gasteiger partial charge in [0.2, 0.25) is 0 Å². The smallest absolute Gasteiger partial charge is 0.126 e. The summed E-state index contributed by atoms with van der Waals surface area (Å²) in [6, 6.07) is 0.722. The standard InChI is InChI=1S/C11H21NO/c1-11(2,9-13)8-12(3)10-6-4-5-7-10/h9-10H,4-8H2,1-3H3. The third-order valence-electron chi connectivity index (χ3n) is 2.92. The molecule has 0 aromatic carbocycles. The molecule has 76 valence electrons. The van der Waals surface area contributed by atoms with Gasteiger partial charge in [-0.15, -0.1) is 0 Å². The SMILES string of the molecule is CN(CC(C)(C)C=O)C1CCCC1. The molecule has 0 bridgehead atoms. The molecule has 13 heavy (non-hydrogen) atoms. The summed E-state index contributed by atoms with van der Waals surface area (Å²) < 4.78 is 0. The van der Waals surface area contributed by atoms with Crippen molar-refractivity contribution in [3.63, 3.8) is 0 Å². The summed E-state index contributed by atoms with van der Waals surface area (Å²) in [6.45, 7) is 4.90. The van der Waals surface area contributed by atoms with E-state index >= 15 is 0 Å². The van der Waals surface area contributed by atoms with Crippen LogP contribution in [-0.2, 0) is 4.79 Å². The minimum absolute atomic E-state index is 0.183. The Morgan fingerprint density at radius 3 is 2.38 bits per heavy atom. The van der Waals surface area contributed by atoms with Gasteiger partial charge in [-0.25, -0.2) is 0 Å². The molecule has 1 saturated carbocycles. The second kappa shape index (κ2) is 4.23. The maximum absolute atomic E-state index is 10.8. The predicted octanol–water partition coefficient (Wildman–Crippen LogP) is 2.09. The zero-order valence-corrected chi connectivity index (χ0v) is 9.05. The lowest BCUT2D eigenvalue weighted by atomic mass is 9.94. The van der Waals surface area contributed by atoms with Gasteiger partial charge in [-0.05, 0) is 19.9 Å². The van der Waals surface area contributed by atoms with E-state index in [1.54, 1.807) is 0 Å². The van der Waals surface area contributed by atoms with Gasteiger partial charge in [0.1, 0.15) is 6.29 Å². The van der Waals surface area contributed by atoms with E-state index in [2.05, 4.69) is 11.9 Å². The molecular formula is C11H21NO. The fourth-order valence-corrected chi connectivity index (χ4v) is 2.15. The number of hydrogen-bond acceptors (Lipinski definition) is 2. The van der Waals surface area contributed by atoms with Crippen molar-refractivity contribution in [2.24, 2.45) is 5.41 Å². The fraction of sp³-hybridized carbons (Fsp3) is 0.909. The molecular weight excluding hydrogens is 162 g/mol. The first-order valence-corrected chi connectivity index (χ1v) is 5.22. The van der Waals surface area contributed by atoms with Gasteiger partial charge >= 0.3 is 0 Å². The van der Waals surface area contributed by atoms with Crippen molar-refractivity contribution < 1.29 is 4.79 Å². The van der Waals surface area contributed by atoms with Crippen molar-refractivity contribution in [2.75, 3.05) is 13.6 Å². The summed E-state index contributed by atoms with van der Waals surface area (Å²) in [6.07, 6.45) is 6.41. The normalized spacial score (nSPS) is 19.7. The van der Waals surface area contributed by atoms with Crippen molar-refractivity contribution in [1.82, 2.24) is 4.90 Å². The molecule has 0 heterocycles. The van der Waals surface area contributed by atoms with Crippen LogP contribution in [0.3, 0.4) is 0 Å². The Morgan fingerprint density at radius 2 is 1.92 bits per heavy atom. The Morgan fingerprint density at radius 1 is 1.38 bits per heavy atom. The van der Waals surface area contributed by atoms with Crippen LogP contribution < -0.4 is 0 Å². The van der Waals surface area contributed by atoms with E-state index < -0.39 is 0 Å². The number of carbonyl (C=O) groups excluding carboxylic acids is 1. The van der Waals surface area contributed by atoms with Gasteiger partial charge in [-0.1, -0.05) is 26.7 Å². The van der Waals surface area contributed by atoms with Crippen LogP contribution in [0.1, 0.15) is 39.5 Å². The Balaban J connectivity index is 2.39. The summed E-state index contributed by atoms with van der Waals surface area (Å²) in [5, 5.41) is 0. The maximum Gasteiger partial charge on any atom is 0.126 e. The van der Waals surface area contributed by atoms with E-state index in [0.717, 1.165) is 18.9 Å². The Kier molecular flexibility index (Phi) is 3.48. The molecule has 0 radical (unpaired) electrons. The topological polar surface area (TPSA) is 20.3 Å². The van der Waals surface area contributed by atoms with E-state index in [0.29, 0.717) is 0 Å². The van der Waals surface area contributed by atoms with Crippen molar-refractivity contribution in [3.8, 4) is 0 Å². The highest BCUT2D eigenvalue weighted by Gasteiger charge is 2.25. The first-order chi connectivity index (χ1) is 6.05. The molecule has 1 aliphatic rings. The van der Waals surface area contributed by atoms with Gasteiger partial charge in [-0.3, -0.25) is 0 Å². The van der Waals surface area contributed by atoms with Gasteiger partial charge in [-0.2, -0.15) is 0 Å². The number of rotatable bonds is 4. The van der Waals surface area contributed by atoms with E-state index in [1.165, 1.54) is 25.7 Å². The molecule has 0 unspecified atom stereocenters. The average molecular weight is 183 g/mol. The number of carbonyl (C=O) groups is 1. The molecule has 0 amide bonds. The zero-order chi connectivity index (χ0) is 9.90. The summed E-state index contributed by atoms with van der Waals surface area (Å²) in [7, 11) is 2.14. The number of nitrogens with zero attached hydrogens (tertiary/aromatic N) is 1. The predicted molar refractivity (Wildman–Crippen MR) is 54.7 cm³/mol. The largest absolute Gasteiger partial charge is 0.303 e. The molecule has 1 rings (SSSR count). The third kappa shape index (κ3) is 3.11. The van der Waals surface area contributed by atoms with Crippen molar-refractivity contribution in [3.05, 3.63) is 0 Å². The molecule has 0 aromatic rings. The summed E-state index contributed by atoms with van der Waals surface area (Å²) in [4.78, 5) is 13.1. The van der Waals surface area contributed by atoms with Crippen LogP contribution >= 0.6 is 0 Å².